The van der Waals surface area contributed by atoms with Crippen LogP contribution in [0.15, 0.2) is 18.5 Å². The number of nitrogens with zero attached hydrogens (tertiary/aromatic N) is 4. The number of rotatable bonds is 4. The topological polar surface area (TPSA) is 92.5 Å². The van der Waals surface area contributed by atoms with Crippen molar-refractivity contribution in [3.63, 3.8) is 0 Å². The van der Waals surface area contributed by atoms with E-state index >= 15 is 0 Å². The number of anilines is 1. The maximum Gasteiger partial charge on any atom is 0.270 e. The lowest BCUT2D eigenvalue weighted by Crippen LogP contribution is -2.45. The molecular weight excluding hydrogens is 358 g/mol. The Morgan fingerprint density at radius 3 is 2.93 bits per heavy atom. The minimum atomic E-state index is -0.490. The summed E-state index contributed by atoms with van der Waals surface area (Å²) < 4.78 is 7.66. The number of carbonyl (C=O) groups is 1. The normalized spacial score (nSPS) is 21.8. The molecule has 0 radical (unpaired) electrons. The van der Waals surface area contributed by atoms with E-state index in [9.17, 15) is 9.90 Å². The van der Waals surface area contributed by atoms with Crippen molar-refractivity contribution in [2.24, 2.45) is 7.05 Å². The third-order valence-electron chi connectivity index (χ3n) is 5.50. The maximum absolute atomic E-state index is 12.9. The maximum atomic E-state index is 12.9. The molecule has 4 rings (SSSR count). The number of aliphatic hydroxyl groups excluding tert-OH is 1. The van der Waals surface area contributed by atoms with Crippen molar-refractivity contribution in [3.05, 3.63) is 35.3 Å². The van der Waals surface area contributed by atoms with Crippen molar-refractivity contribution in [3.8, 4) is 5.75 Å². The average Bonchev–Trinajstić information content (AvgIpc) is 3.09. The lowest BCUT2D eigenvalue weighted by Gasteiger charge is -2.30. The molecule has 2 N–H and O–H groups in total. The fourth-order valence-corrected chi connectivity index (χ4v) is 3.93. The van der Waals surface area contributed by atoms with Gasteiger partial charge < -0.3 is 20.1 Å². The van der Waals surface area contributed by atoms with E-state index in [-0.39, 0.29) is 11.9 Å². The highest BCUT2D eigenvalue weighted by atomic mass is 16.5. The summed E-state index contributed by atoms with van der Waals surface area (Å²) in [6, 6.07) is 1.59. The van der Waals surface area contributed by atoms with E-state index in [1.165, 1.54) is 0 Å². The van der Waals surface area contributed by atoms with E-state index < -0.39 is 6.10 Å². The van der Waals surface area contributed by atoms with Crippen molar-refractivity contribution in [2.75, 3.05) is 25.1 Å². The molecule has 1 saturated carbocycles. The highest BCUT2D eigenvalue weighted by molar-refractivity contribution is 5.93. The molecule has 1 aliphatic heterocycles. The van der Waals surface area contributed by atoms with Gasteiger partial charge >= 0.3 is 0 Å². The lowest BCUT2D eigenvalue weighted by atomic mass is 9.92. The minimum Gasteiger partial charge on any atom is -0.488 e. The quantitative estimate of drug-likeness (QED) is 0.823. The van der Waals surface area contributed by atoms with Crippen LogP contribution in [-0.2, 0) is 13.5 Å². The monoisotopic (exact) mass is 385 g/mol. The Labute approximate surface area is 164 Å². The molecule has 8 heteroatoms. The van der Waals surface area contributed by atoms with Crippen LogP contribution in [0, 0.1) is 0 Å². The molecule has 0 aromatic carbocycles. The number of hydrogen-bond donors (Lipinski definition) is 2. The van der Waals surface area contributed by atoms with E-state index in [4.69, 9.17) is 4.74 Å². The Balaban J connectivity index is 1.64. The van der Waals surface area contributed by atoms with Crippen LogP contribution in [0.25, 0.3) is 0 Å². The molecule has 0 bridgehead atoms. The molecule has 28 heavy (non-hydrogen) atoms. The zero-order valence-electron chi connectivity index (χ0n) is 16.4. The van der Waals surface area contributed by atoms with Gasteiger partial charge in [-0.2, -0.15) is 5.10 Å². The molecule has 8 nitrogen and oxygen atoms in total. The summed E-state index contributed by atoms with van der Waals surface area (Å²) >= 11 is 0. The molecule has 0 saturated heterocycles. The Kier molecular flexibility index (Phi) is 5.21. The number of likely N-dealkylation sites (N-methyl/N-ethyl adjacent to an activating group) is 1. The number of hydrogen-bond acceptors (Lipinski definition) is 6. The van der Waals surface area contributed by atoms with Crippen molar-refractivity contribution in [1.82, 2.24) is 20.1 Å². The summed E-state index contributed by atoms with van der Waals surface area (Å²) in [4.78, 5) is 19.5. The number of aliphatic hydroxyl groups is 1. The second kappa shape index (κ2) is 7.79. The predicted octanol–water partition coefficient (Wildman–Crippen LogP) is 1.27. The van der Waals surface area contributed by atoms with Crippen LogP contribution < -0.4 is 15.0 Å². The van der Waals surface area contributed by atoms with Crippen LogP contribution >= 0.6 is 0 Å². The number of pyridine rings is 1. The fourth-order valence-electron chi connectivity index (χ4n) is 3.93. The van der Waals surface area contributed by atoms with Crippen LogP contribution in [-0.4, -0.2) is 58.1 Å². The number of fused-ring (bicyclic) bond motifs is 1. The first kappa shape index (κ1) is 18.7. The first-order valence-electron chi connectivity index (χ1n) is 9.85. The summed E-state index contributed by atoms with van der Waals surface area (Å²) in [7, 11) is 3.83. The van der Waals surface area contributed by atoms with Gasteiger partial charge in [-0.15, -0.1) is 0 Å². The van der Waals surface area contributed by atoms with Crippen molar-refractivity contribution in [1.29, 1.82) is 0 Å². The highest BCUT2D eigenvalue weighted by Gasteiger charge is 2.28. The molecule has 2 atom stereocenters. The SMILES string of the molecule is CN1CCOc2c(Cc3cnn(C)c3)cc(C(=O)N[C@H]3CCCC[C@@H]3O)nc21. The minimum absolute atomic E-state index is 0.213. The van der Waals surface area contributed by atoms with E-state index in [1.807, 2.05) is 31.4 Å². The zero-order valence-corrected chi connectivity index (χ0v) is 16.4. The molecule has 2 aromatic heterocycles. The van der Waals surface area contributed by atoms with E-state index in [2.05, 4.69) is 15.4 Å². The van der Waals surface area contributed by atoms with Crippen LogP contribution in [0.4, 0.5) is 5.82 Å². The molecule has 1 amide bonds. The van der Waals surface area contributed by atoms with E-state index in [0.717, 1.165) is 49.1 Å². The van der Waals surface area contributed by atoms with Gasteiger partial charge in [0.1, 0.15) is 12.3 Å². The van der Waals surface area contributed by atoms with Gasteiger partial charge in [0.05, 0.1) is 24.9 Å². The Morgan fingerprint density at radius 2 is 2.18 bits per heavy atom. The standard InChI is InChI=1S/C20H27N5O3/c1-24-7-8-28-18-14(9-13-11-21-25(2)12-13)10-16(22-19(18)24)20(27)23-15-5-3-4-6-17(15)26/h10-12,15,17,26H,3-9H2,1-2H3,(H,23,27)/t15-,17-/m0/s1. The molecule has 3 heterocycles. The van der Waals surface area contributed by atoms with Crippen LogP contribution in [0.5, 0.6) is 5.75 Å². The van der Waals surface area contributed by atoms with Crippen molar-refractivity contribution < 1.29 is 14.6 Å². The molecule has 2 aromatic rings. The van der Waals surface area contributed by atoms with Crippen molar-refractivity contribution >= 4 is 11.7 Å². The second-order valence-electron chi connectivity index (χ2n) is 7.72. The predicted molar refractivity (Wildman–Crippen MR) is 105 cm³/mol. The number of aryl methyl sites for hydroxylation is 1. The van der Waals surface area contributed by atoms with Gasteiger partial charge in [-0.05, 0) is 24.5 Å². The first-order valence-corrected chi connectivity index (χ1v) is 9.85. The number of ether oxygens (including phenoxy) is 1. The molecule has 1 fully saturated rings. The molecule has 0 spiro atoms. The molecule has 1 aliphatic carbocycles. The average molecular weight is 385 g/mol. The molecular formula is C20H27N5O3. The van der Waals surface area contributed by atoms with E-state index in [1.54, 1.807) is 10.7 Å². The number of carbonyl (C=O) groups excluding carboxylic acids is 1. The third kappa shape index (κ3) is 3.82. The van der Waals surface area contributed by atoms with Gasteiger partial charge in [0.25, 0.3) is 5.91 Å². The molecule has 2 aliphatic rings. The zero-order chi connectivity index (χ0) is 19.7. The summed E-state index contributed by atoms with van der Waals surface area (Å²) in [6.45, 7) is 1.31. The summed E-state index contributed by atoms with van der Waals surface area (Å²) in [5.74, 6) is 1.16. The summed E-state index contributed by atoms with van der Waals surface area (Å²) in [5, 5.41) is 17.4. The Hall–Kier alpha value is -2.61. The van der Waals surface area contributed by atoms with Gasteiger partial charge in [0.15, 0.2) is 11.6 Å². The van der Waals surface area contributed by atoms with Crippen LogP contribution in [0.2, 0.25) is 0 Å². The fraction of sp³-hybridized carbons (Fsp3) is 0.550. The third-order valence-corrected chi connectivity index (χ3v) is 5.50. The van der Waals surface area contributed by atoms with E-state index in [0.29, 0.717) is 24.5 Å². The van der Waals surface area contributed by atoms with Gasteiger partial charge in [0.2, 0.25) is 0 Å². The van der Waals surface area contributed by atoms with Crippen LogP contribution in [0.3, 0.4) is 0 Å². The van der Waals surface area contributed by atoms with Crippen molar-refractivity contribution in [2.45, 2.75) is 44.2 Å². The largest absolute Gasteiger partial charge is 0.488 e. The molecule has 0 unspecified atom stereocenters. The second-order valence-corrected chi connectivity index (χ2v) is 7.72. The summed E-state index contributed by atoms with van der Waals surface area (Å²) in [5.41, 5.74) is 2.31. The Bertz CT molecular complexity index is 866. The first-order chi connectivity index (χ1) is 13.5. The summed E-state index contributed by atoms with van der Waals surface area (Å²) in [6.07, 6.45) is 7.43. The molecule has 150 valence electrons. The number of amides is 1. The highest BCUT2D eigenvalue weighted by Crippen LogP contribution is 2.34. The lowest BCUT2D eigenvalue weighted by molar-refractivity contribution is 0.0713. The van der Waals surface area contributed by atoms with Gasteiger partial charge in [0, 0.05) is 32.3 Å². The smallest absolute Gasteiger partial charge is 0.270 e. The van der Waals surface area contributed by atoms with Gasteiger partial charge in [-0.25, -0.2) is 4.98 Å². The van der Waals surface area contributed by atoms with Crippen LogP contribution in [0.1, 0.15) is 47.3 Å². The number of aromatic nitrogens is 3. The Morgan fingerprint density at radius 1 is 1.36 bits per heavy atom. The van der Waals surface area contributed by atoms with Gasteiger partial charge in [-0.1, -0.05) is 12.8 Å². The number of nitrogens with one attached hydrogen (secondary N) is 1. The van der Waals surface area contributed by atoms with Gasteiger partial charge in [-0.3, -0.25) is 9.48 Å².